The largest absolute Gasteiger partial charge is 0.505 e. The number of nitrogens with zero attached hydrogens (tertiary/aromatic N) is 4. The maximum Gasteiger partial charge on any atom is 0.272 e. The zero-order valence-corrected chi connectivity index (χ0v) is 21.8. The van der Waals surface area contributed by atoms with Gasteiger partial charge in [-0.3, -0.25) is 14.5 Å². The van der Waals surface area contributed by atoms with Crippen LogP contribution >= 0.6 is 11.6 Å². The van der Waals surface area contributed by atoms with Crippen LogP contribution in [0.4, 0.5) is 10.1 Å². The molecule has 0 aliphatic heterocycles. The molecule has 0 heterocycles. The summed E-state index contributed by atoms with van der Waals surface area (Å²) < 4.78 is 13.7. The van der Waals surface area contributed by atoms with E-state index in [0.717, 1.165) is 49.1 Å². The average molecular weight is 548 g/mol. The first-order valence-electron chi connectivity index (χ1n) is 12.6. The van der Waals surface area contributed by atoms with Crippen LogP contribution in [0.15, 0.2) is 83.6 Å². The number of rotatable bonds is 8. The average Bonchev–Trinajstić information content (AvgIpc) is 2.95. The fourth-order valence-electron chi connectivity index (χ4n) is 4.56. The van der Waals surface area contributed by atoms with Crippen molar-refractivity contribution in [2.24, 2.45) is 5.11 Å². The molecular formula is C29H27ClFN5O3. The maximum atomic E-state index is 14.1. The summed E-state index contributed by atoms with van der Waals surface area (Å²) >= 11 is 6.06. The molecule has 1 fully saturated rings. The van der Waals surface area contributed by atoms with Gasteiger partial charge in [-0.25, -0.2) is 4.39 Å². The molecule has 2 N–H and O–H groups in total. The molecule has 2 amide bonds. The van der Waals surface area contributed by atoms with E-state index in [-0.39, 0.29) is 35.1 Å². The minimum absolute atomic E-state index is 0.0409. The van der Waals surface area contributed by atoms with Gasteiger partial charge >= 0.3 is 0 Å². The highest BCUT2D eigenvalue weighted by Gasteiger charge is 2.31. The molecule has 1 saturated carbocycles. The van der Waals surface area contributed by atoms with E-state index in [1.165, 1.54) is 24.3 Å². The van der Waals surface area contributed by atoms with E-state index < -0.39 is 23.4 Å². The van der Waals surface area contributed by atoms with Gasteiger partial charge in [0.2, 0.25) is 0 Å². The van der Waals surface area contributed by atoms with Crippen molar-refractivity contribution >= 4 is 34.9 Å². The Labute approximate surface area is 230 Å². The molecule has 0 aromatic heterocycles. The maximum absolute atomic E-state index is 14.1. The Hall–Kier alpha value is -4.33. The molecular weight excluding hydrogens is 521 g/mol. The molecule has 0 atom stereocenters. The first-order valence-corrected chi connectivity index (χ1v) is 13.0. The second kappa shape index (κ2) is 13.0. The number of aliphatic hydroxyl groups excluding tert-OH is 1. The standard InChI is InChI=1S/C29H27ClFN5O3/c30-21-14-10-19(11-15-21)18-36(29(39)24-8-4-5-9-25(24)34-35-32)26(27(37)20-12-16-22(31)17-13-20)28(38)33-23-6-2-1-3-7-23/h4-5,8-17,23,37H,1-3,6-7,18H2,(H,33,38)/b27-26+. The van der Waals surface area contributed by atoms with Crippen LogP contribution in [0, 0.1) is 5.82 Å². The number of aliphatic hydroxyl groups is 1. The molecule has 0 saturated heterocycles. The van der Waals surface area contributed by atoms with Crippen LogP contribution in [0.25, 0.3) is 16.2 Å². The number of nitrogens with one attached hydrogen (secondary N) is 1. The summed E-state index contributed by atoms with van der Waals surface area (Å²) in [5.74, 6) is -2.33. The quantitative estimate of drug-likeness (QED) is 0.100. The van der Waals surface area contributed by atoms with Gasteiger partial charge in [0.05, 0.1) is 12.2 Å². The zero-order chi connectivity index (χ0) is 27.8. The van der Waals surface area contributed by atoms with Crippen LogP contribution in [0.3, 0.4) is 0 Å². The normalized spacial score (nSPS) is 14.1. The van der Waals surface area contributed by atoms with Gasteiger partial charge in [-0.1, -0.05) is 66.3 Å². The Kier molecular flexibility index (Phi) is 9.20. The third-order valence-corrected chi connectivity index (χ3v) is 6.81. The predicted molar refractivity (Wildman–Crippen MR) is 148 cm³/mol. The first-order chi connectivity index (χ1) is 18.9. The molecule has 1 aliphatic rings. The van der Waals surface area contributed by atoms with Crippen LogP contribution in [-0.2, 0) is 11.3 Å². The number of hydrogen-bond acceptors (Lipinski definition) is 4. The Morgan fingerprint density at radius 1 is 1.03 bits per heavy atom. The van der Waals surface area contributed by atoms with Crippen LogP contribution in [0.1, 0.15) is 53.6 Å². The van der Waals surface area contributed by atoms with E-state index in [1.54, 1.807) is 36.4 Å². The number of halogens is 2. The number of carbonyl (C=O) groups excluding carboxylic acids is 2. The molecule has 3 aromatic carbocycles. The number of benzene rings is 3. The van der Waals surface area contributed by atoms with Crippen LogP contribution in [0.5, 0.6) is 0 Å². The highest BCUT2D eigenvalue weighted by molar-refractivity contribution is 6.30. The molecule has 200 valence electrons. The lowest BCUT2D eigenvalue weighted by Gasteiger charge is -2.29. The van der Waals surface area contributed by atoms with Crippen molar-refractivity contribution in [3.63, 3.8) is 0 Å². The van der Waals surface area contributed by atoms with Crippen molar-refractivity contribution in [2.45, 2.75) is 44.7 Å². The van der Waals surface area contributed by atoms with Crippen molar-refractivity contribution in [1.82, 2.24) is 10.2 Å². The van der Waals surface area contributed by atoms with Gasteiger partial charge in [-0.15, -0.1) is 0 Å². The van der Waals surface area contributed by atoms with E-state index in [2.05, 4.69) is 15.3 Å². The number of hydrogen-bond donors (Lipinski definition) is 2. The molecule has 1 aliphatic carbocycles. The van der Waals surface area contributed by atoms with Gasteiger partial charge in [-0.2, -0.15) is 0 Å². The summed E-state index contributed by atoms with van der Waals surface area (Å²) in [6.45, 7) is -0.112. The van der Waals surface area contributed by atoms with E-state index in [4.69, 9.17) is 17.1 Å². The van der Waals surface area contributed by atoms with Crippen molar-refractivity contribution in [3.05, 3.63) is 116 Å². The van der Waals surface area contributed by atoms with Crippen LogP contribution in [-0.4, -0.2) is 27.9 Å². The second-order valence-corrected chi connectivity index (χ2v) is 9.67. The lowest BCUT2D eigenvalue weighted by molar-refractivity contribution is -0.119. The van der Waals surface area contributed by atoms with Crippen molar-refractivity contribution in [1.29, 1.82) is 0 Å². The summed E-state index contributed by atoms with van der Waals surface area (Å²) in [4.78, 5) is 31.9. The van der Waals surface area contributed by atoms with E-state index in [0.29, 0.717) is 10.6 Å². The summed E-state index contributed by atoms with van der Waals surface area (Å²) in [6, 6.07) is 17.8. The summed E-state index contributed by atoms with van der Waals surface area (Å²) in [5.41, 5.74) is 9.63. The molecule has 10 heteroatoms. The SMILES string of the molecule is [N-]=[N+]=Nc1ccccc1C(=O)N(Cc1ccc(Cl)cc1)/C(C(=O)NC1CCCCC1)=C(/O)c1ccc(F)cc1. The third kappa shape index (κ3) is 6.96. The van der Waals surface area contributed by atoms with Crippen molar-refractivity contribution in [2.75, 3.05) is 0 Å². The van der Waals surface area contributed by atoms with Crippen molar-refractivity contribution < 1.29 is 19.1 Å². The molecule has 4 rings (SSSR count). The number of amides is 2. The van der Waals surface area contributed by atoms with Crippen LogP contribution < -0.4 is 5.32 Å². The molecule has 0 spiro atoms. The third-order valence-electron chi connectivity index (χ3n) is 6.55. The fraction of sp³-hybridized carbons (Fsp3) is 0.241. The van der Waals surface area contributed by atoms with Gasteiger partial charge in [0.15, 0.2) is 11.5 Å². The molecule has 8 nitrogen and oxygen atoms in total. The molecule has 0 unspecified atom stereocenters. The van der Waals surface area contributed by atoms with E-state index in [9.17, 15) is 19.1 Å². The van der Waals surface area contributed by atoms with Crippen LogP contribution in [0.2, 0.25) is 5.02 Å². The topological polar surface area (TPSA) is 118 Å². The Morgan fingerprint density at radius 2 is 1.69 bits per heavy atom. The summed E-state index contributed by atoms with van der Waals surface area (Å²) in [7, 11) is 0. The highest BCUT2D eigenvalue weighted by atomic mass is 35.5. The van der Waals surface area contributed by atoms with E-state index in [1.807, 2.05) is 0 Å². The highest BCUT2D eigenvalue weighted by Crippen LogP contribution is 2.28. The summed E-state index contributed by atoms with van der Waals surface area (Å²) in [6.07, 6.45) is 4.55. The summed E-state index contributed by atoms with van der Waals surface area (Å²) in [5, 5.41) is 18.5. The van der Waals surface area contributed by atoms with Gasteiger partial charge in [0.1, 0.15) is 5.82 Å². The smallest absolute Gasteiger partial charge is 0.272 e. The van der Waals surface area contributed by atoms with E-state index >= 15 is 0 Å². The molecule has 3 aromatic rings. The van der Waals surface area contributed by atoms with Gasteiger partial charge in [-0.05, 0) is 66.4 Å². The number of azide groups is 1. The first kappa shape index (κ1) is 27.7. The van der Waals surface area contributed by atoms with Crippen molar-refractivity contribution in [3.8, 4) is 0 Å². The number of carbonyl (C=O) groups is 2. The lowest BCUT2D eigenvalue weighted by atomic mass is 9.95. The Bertz CT molecular complexity index is 1410. The lowest BCUT2D eigenvalue weighted by Crippen LogP contribution is -2.43. The molecule has 39 heavy (non-hydrogen) atoms. The minimum atomic E-state index is -0.671. The Morgan fingerprint density at radius 3 is 2.36 bits per heavy atom. The van der Waals surface area contributed by atoms with Gasteiger partial charge in [0, 0.05) is 27.1 Å². The molecule has 0 radical (unpaired) electrons. The Balaban J connectivity index is 1.87. The minimum Gasteiger partial charge on any atom is -0.505 e. The molecule has 0 bridgehead atoms. The zero-order valence-electron chi connectivity index (χ0n) is 21.1. The van der Waals surface area contributed by atoms with Gasteiger partial charge < -0.3 is 10.4 Å². The predicted octanol–water partition coefficient (Wildman–Crippen LogP) is 7.44. The monoisotopic (exact) mass is 547 g/mol. The van der Waals surface area contributed by atoms with Gasteiger partial charge in [0.25, 0.3) is 11.8 Å². The second-order valence-electron chi connectivity index (χ2n) is 9.24. The fourth-order valence-corrected chi connectivity index (χ4v) is 4.69.